The van der Waals surface area contributed by atoms with Crippen LogP contribution < -0.4 is 10.2 Å². The fourth-order valence-electron chi connectivity index (χ4n) is 3.90. The van der Waals surface area contributed by atoms with Crippen LogP contribution in [-0.2, 0) is 25.5 Å². The standard InChI is InChI=1S/C23H24F2N2O6/c1-13-20(22(30)33-10-9-32-2)21(17-8-5-15(24)12-18(17)25)26-23(31)27(13)16-6-3-14(4-7-16)11-19(28)29/h3-8,12-13,20-21H,9-11H2,1-2H3,(H,26,31)(H,28,29). The first kappa shape index (κ1) is 24.1. The number of halogens is 2. The molecule has 1 aliphatic rings. The number of nitrogens with one attached hydrogen (secondary N) is 1. The lowest BCUT2D eigenvalue weighted by Gasteiger charge is -2.43. The van der Waals surface area contributed by atoms with Crippen molar-refractivity contribution in [2.75, 3.05) is 25.2 Å². The van der Waals surface area contributed by atoms with E-state index in [9.17, 15) is 23.2 Å². The number of rotatable bonds is 8. The Morgan fingerprint density at radius 3 is 2.42 bits per heavy atom. The number of hydrogen-bond acceptors (Lipinski definition) is 5. The smallest absolute Gasteiger partial charge is 0.322 e. The SMILES string of the molecule is COCCOC(=O)C1C(c2ccc(F)cc2F)NC(=O)N(c2ccc(CC(=O)O)cc2)C1C. The Labute approximate surface area is 189 Å². The minimum Gasteiger partial charge on any atom is -0.481 e. The van der Waals surface area contributed by atoms with Crippen molar-refractivity contribution in [1.29, 1.82) is 0 Å². The first-order valence-electron chi connectivity index (χ1n) is 10.2. The molecular weight excluding hydrogens is 438 g/mol. The van der Waals surface area contributed by atoms with Gasteiger partial charge in [0.15, 0.2) is 0 Å². The quantitative estimate of drug-likeness (QED) is 0.462. The Kier molecular flexibility index (Phi) is 7.59. The summed E-state index contributed by atoms with van der Waals surface area (Å²) in [6, 6.07) is 6.75. The maximum atomic E-state index is 14.6. The first-order chi connectivity index (χ1) is 15.7. The number of carboxylic acids is 1. The van der Waals surface area contributed by atoms with Gasteiger partial charge in [0.05, 0.1) is 25.1 Å². The Balaban J connectivity index is 1.95. The Hall–Kier alpha value is -3.53. The molecule has 10 heteroatoms. The van der Waals surface area contributed by atoms with E-state index in [2.05, 4.69) is 5.32 Å². The highest BCUT2D eigenvalue weighted by Crippen LogP contribution is 2.36. The number of urea groups is 1. The number of carbonyl (C=O) groups excluding carboxylic acids is 2. The molecule has 176 valence electrons. The van der Waals surface area contributed by atoms with Crippen molar-refractivity contribution in [3.05, 3.63) is 65.2 Å². The van der Waals surface area contributed by atoms with Gasteiger partial charge in [0, 0.05) is 24.4 Å². The number of anilines is 1. The van der Waals surface area contributed by atoms with Gasteiger partial charge in [-0.2, -0.15) is 0 Å². The Morgan fingerprint density at radius 1 is 1.12 bits per heavy atom. The van der Waals surface area contributed by atoms with E-state index in [1.54, 1.807) is 31.2 Å². The molecule has 2 amide bonds. The molecule has 1 saturated heterocycles. The Bertz CT molecular complexity index is 1030. The molecule has 3 unspecified atom stereocenters. The molecule has 33 heavy (non-hydrogen) atoms. The lowest BCUT2D eigenvalue weighted by molar-refractivity contribution is -0.152. The second kappa shape index (κ2) is 10.4. The van der Waals surface area contributed by atoms with E-state index in [-0.39, 0.29) is 25.2 Å². The predicted octanol–water partition coefficient (Wildman–Crippen LogP) is 3.06. The third-order valence-corrected chi connectivity index (χ3v) is 5.46. The number of benzene rings is 2. The van der Waals surface area contributed by atoms with Gasteiger partial charge in [-0.3, -0.25) is 14.5 Å². The number of carbonyl (C=O) groups is 3. The summed E-state index contributed by atoms with van der Waals surface area (Å²) in [4.78, 5) is 38.2. The molecular formula is C23H24F2N2O6. The lowest BCUT2D eigenvalue weighted by Crippen LogP contribution is -2.60. The normalized spacial score (nSPS) is 20.3. The largest absolute Gasteiger partial charge is 0.481 e. The molecule has 0 saturated carbocycles. The van der Waals surface area contributed by atoms with Gasteiger partial charge in [-0.15, -0.1) is 0 Å². The highest BCUT2D eigenvalue weighted by atomic mass is 19.1. The number of carboxylic acid groups (broad SMARTS) is 1. The first-order valence-corrected chi connectivity index (χ1v) is 10.2. The molecule has 2 aromatic carbocycles. The highest BCUT2D eigenvalue weighted by molar-refractivity contribution is 5.96. The summed E-state index contributed by atoms with van der Waals surface area (Å²) < 4.78 is 38.2. The van der Waals surface area contributed by atoms with Gasteiger partial charge >= 0.3 is 18.0 Å². The summed E-state index contributed by atoms with van der Waals surface area (Å²) in [7, 11) is 1.45. The molecule has 0 aliphatic carbocycles. The van der Waals surface area contributed by atoms with Gasteiger partial charge in [0.2, 0.25) is 0 Å². The lowest BCUT2D eigenvalue weighted by atomic mass is 9.84. The van der Waals surface area contributed by atoms with E-state index in [4.69, 9.17) is 14.6 Å². The zero-order valence-corrected chi connectivity index (χ0v) is 18.1. The van der Waals surface area contributed by atoms with Crippen LogP contribution in [0.1, 0.15) is 24.1 Å². The molecule has 1 heterocycles. The number of methoxy groups -OCH3 is 1. The molecule has 0 aromatic heterocycles. The molecule has 8 nitrogen and oxygen atoms in total. The summed E-state index contributed by atoms with van der Waals surface area (Å²) >= 11 is 0. The van der Waals surface area contributed by atoms with Crippen LogP contribution in [0.2, 0.25) is 0 Å². The Morgan fingerprint density at radius 2 is 1.82 bits per heavy atom. The van der Waals surface area contributed by atoms with Gasteiger partial charge in [-0.25, -0.2) is 13.6 Å². The zero-order chi connectivity index (χ0) is 24.1. The van der Waals surface area contributed by atoms with Crippen molar-refractivity contribution in [1.82, 2.24) is 5.32 Å². The van der Waals surface area contributed by atoms with E-state index < -0.39 is 47.6 Å². The average molecular weight is 462 g/mol. The van der Waals surface area contributed by atoms with Crippen molar-refractivity contribution in [2.24, 2.45) is 5.92 Å². The number of ether oxygens (including phenoxy) is 2. The van der Waals surface area contributed by atoms with Crippen molar-refractivity contribution < 1.29 is 37.7 Å². The van der Waals surface area contributed by atoms with Gasteiger partial charge < -0.3 is 19.9 Å². The summed E-state index contributed by atoms with van der Waals surface area (Å²) in [6.45, 7) is 1.75. The third-order valence-electron chi connectivity index (χ3n) is 5.46. The zero-order valence-electron chi connectivity index (χ0n) is 18.1. The van der Waals surface area contributed by atoms with Crippen LogP contribution in [-0.4, -0.2) is 49.4 Å². The minimum absolute atomic E-state index is 0.0327. The second-order valence-corrected chi connectivity index (χ2v) is 7.63. The maximum absolute atomic E-state index is 14.6. The summed E-state index contributed by atoms with van der Waals surface area (Å²) in [6.07, 6.45) is -0.178. The third kappa shape index (κ3) is 5.46. The van der Waals surface area contributed by atoms with E-state index in [1.807, 2.05) is 0 Å². The van der Waals surface area contributed by atoms with E-state index in [1.165, 1.54) is 18.1 Å². The summed E-state index contributed by atoms with van der Waals surface area (Å²) in [5.74, 6) is -4.38. The van der Waals surface area contributed by atoms with Crippen LogP contribution in [0.25, 0.3) is 0 Å². The van der Waals surface area contributed by atoms with Gasteiger partial charge in [0.1, 0.15) is 24.2 Å². The van der Waals surface area contributed by atoms with Gasteiger partial charge in [-0.05, 0) is 30.7 Å². The summed E-state index contributed by atoms with van der Waals surface area (Å²) in [5, 5.41) is 11.6. The van der Waals surface area contributed by atoms with E-state index in [0.717, 1.165) is 6.07 Å². The molecule has 2 aromatic rings. The molecule has 0 spiro atoms. The summed E-state index contributed by atoms with van der Waals surface area (Å²) in [5.41, 5.74) is 0.918. The number of esters is 1. The highest BCUT2D eigenvalue weighted by Gasteiger charge is 2.46. The molecule has 1 fully saturated rings. The van der Waals surface area contributed by atoms with Crippen LogP contribution in [0.3, 0.4) is 0 Å². The minimum atomic E-state index is -1.09. The van der Waals surface area contributed by atoms with Crippen LogP contribution in [0.5, 0.6) is 0 Å². The number of aliphatic carboxylic acids is 1. The maximum Gasteiger partial charge on any atom is 0.322 e. The van der Waals surface area contributed by atoms with Crippen molar-refractivity contribution in [3.8, 4) is 0 Å². The van der Waals surface area contributed by atoms with Gasteiger partial charge in [0.25, 0.3) is 0 Å². The van der Waals surface area contributed by atoms with Crippen molar-refractivity contribution in [3.63, 3.8) is 0 Å². The van der Waals surface area contributed by atoms with E-state index in [0.29, 0.717) is 17.3 Å². The van der Waals surface area contributed by atoms with Gasteiger partial charge in [-0.1, -0.05) is 18.2 Å². The molecule has 0 bridgehead atoms. The molecule has 0 radical (unpaired) electrons. The van der Waals surface area contributed by atoms with Crippen LogP contribution in [0, 0.1) is 17.6 Å². The van der Waals surface area contributed by atoms with Crippen LogP contribution >= 0.6 is 0 Å². The predicted molar refractivity (Wildman–Crippen MR) is 114 cm³/mol. The second-order valence-electron chi connectivity index (χ2n) is 7.63. The molecule has 1 aliphatic heterocycles. The van der Waals surface area contributed by atoms with Crippen LogP contribution in [0.15, 0.2) is 42.5 Å². The number of nitrogens with zero attached hydrogens (tertiary/aromatic N) is 1. The molecule has 3 atom stereocenters. The average Bonchev–Trinajstić information content (AvgIpc) is 2.74. The number of amides is 2. The number of hydrogen-bond donors (Lipinski definition) is 2. The molecule has 3 rings (SSSR count). The topological polar surface area (TPSA) is 105 Å². The monoisotopic (exact) mass is 462 g/mol. The fourth-order valence-corrected chi connectivity index (χ4v) is 3.90. The molecule has 2 N–H and O–H groups in total. The van der Waals surface area contributed by atoms with E-state index >= 15 is 0 Å². The van der Waals surface area contributed by atoms with Crippen LogP contribution in [0.4, 0.5) is 19.3 Å². The van der Waals surface area contributed by atoms with Crippen molar-refractivity contribution >= 4 is 23.7 Å². The van der Waals surface area contributed by atoms with Crippen molar-refractivity contribution in [2.45, 2.75) is 25.4 Å². The fraction of sp³-hybridized carbons (Fsp3) is 0.348.